The Balaban J connectivity index is 1.74. The zero-order chi connectivity index (χ0) is 14.2. The number of benzene rings is 2. The Hall–Kier alpha value is -2.09. The van der Waals surface area contributed by atoms with Gasteiger partial charge in [0.25, 0.3) is 0 Å². The highest BCUT2D eigenvalue weighted by atomic mass is 16.1. The average molecular weight is 267 g/mol. The summed E-state index contributed by atoms with van der Waals surface area (Å²) in [7, 11) is 0. The van der Waals surface area contributed by atoms with Gasteiger partial charge in [0, 0.05) is 6.04 Å². The monoisotopic (exact) mass is 267 g/mol. The lowest BCUT2D eigenvalue weighted by Crippen LogP contribution is -2.34. The van der Waals surface area contributed by atoms with E-state index in [1.165, 1.54) is 5.56 Å². The number of rotatable bonds is 6. The lowest BCUT2D eigenvalue weighted by Gasteiger charge is -2.14. The highest BCUT2D eigenvalue weighted by Gasteiger charge is 2.08. The minimum Gasteiger partial charge on any atom is -0.353 e. The van der Waals surface area contributed by atoms with Crippen LogP contribution in [0.15, 0.2) is 60.7 Å². The third-order valence-electron chi connectivity index (χ3n) is 3.32. The maximum atomic E-state index is 11.9. The van der Waals surface area contributed by atoms with Gasteiger partial charge in [-0.2, -0.15) is 0 Å². The molecule has 0 aromatic heterocycles. The van der Waals surface area contributed by atoms with Crippen molar-refractivity contribution in [2.45, 2.75) is 32.2 Å². The van der Waals surface area contributed by atoms with Crippen molar-refractivity contribution < 1.29 is 4.79 Å². The molecule has 0 saturated heterocycles. The molecule has 0 aliphatic heterocycles. The van der Waals surface area contributed by atoms with Gasteiger partial charge in [0.15, 0.2) is 0 Å². The summed E-state index contributed by atoms with van der Waals surface area (Å²) in [5.41, 5.74) is 2.37. The first-order valence-corrected chi connectivity index (χ1v) is 7.11. The molecule has 2 nitrogen and oxygen atoms in total. The average Bonchev–Trinajstić information content (AvgIpc) is 2.47. The summed E-state index contributed by atoms with van der Waals surface area (Å²) in [6, 6.07) is 20.4. The fourth-order valence-electron chi connectivity index (χ4n) is 2.21. The third-order valence-corrected chi connectivity index (χ3v) is 3.32. The van der Waals surface area contributed by atoms with Crippen LogP contribution in [-0.4, -0.2) is 11.9 Å². The molecular formula is C18H21NO. The van der Waals surface area contributed by atoms with Gasteiger partial charge < -0.3 is 5.32 Å². The lowest BCUT2D eigenvalue weighted by atomic mass is 10.1. The lowest BCUT2D eigenvalue weighted by molar-refractivity contribution is -0.121. The summed E-state index contributed by atoms with van der Waals surface area (Å²) in [5.74, 6) is 0.0942. The predicted octanol–water partition coefficient (Wildman–Crippen LogP) is 3.37. The SMILES string of the molecule is C[C@@H](CCc1ccccc1)NC(=O)Cc1ccccc1. The largest absolute Gasteiger partial charge is 0.353 e. The molecule has 0 spiro atoms. The van der Waals surface area contributed by atoms with E-state index in [0.717, 1.165) is 18.4 Å². The first-order chi connectivity index (χ1) is 9.74. The van der Waals surface area contributed by atoms with E-state index in [9.17, 15) is 4.79 Å². The Kier molecular flexibility index (Phi) is 5.36. The summed E-state index contributed by atoms with van der Waals surface area (Å²) in [5, 5.41) is 3.06. The molecule has 2 heteroatoms. The Morgan fingerprint density at radius 1 is 0.950 bits per heavy atom. The Bertz CT molecular complexity index is 522. The zero-order valence-electron chi connectivity index (χ0n) is 11.9. The number of carbonyl (C=O) groups is 1. The van der Waals surface area contributed by atoms with Crippen LogP contribution in [0.3, 0.4) is 0 Å². The van der Waals surface area contributed by atoms with Gasteiger partial charge in [-0.3, -0.25) is 4.79 Å². The molecule has 1 amide bonds. The van der Waals surface area contributed by atoms with Gasteiger partial charge >= 0.3 is 0 Å². The van der Waals surface area contributed by atoms with E-state index in [1.54, 1.807) is 0 Å². The molecule has 0 aliphatic rings. The predicted molar refractivity (Wildman–Crippen MR) is 82.5 cm³/mol. The van der Waals surface area contributed by atoms with Gasteiger partial charge in [-0.05, 0) is 30.9 Å². The van der Waals surface area contributed by atoms with Crippen molar-refractivity contribution in [3.8, 4) is 0 Å². The van der Waals surface area contributed by atoms with E-state index in [1.807, 2.05) is 48.5 Å². The zero-order valence-corrected chi connectivity index (χ0v) is 11.9. The van der Waals surface area contributed by atoms with Gasteiger partial charge in [-0.15, -0.1) is 0 Å². The summed E-state index contributed by atoms with van der Waals surface area (Å²) in [6.07, 6.45) is 2.41. The summed E-state index contributed by atoms with van der Waals surface area (Å²) in [4.78, 5) is 11.9. The first-order valence-electron chi connectivity index (χ1n) is 7.11. The van der Waals surface area contributed by atoms with Gasteiger partial charge in [-0.25, -0.2) is 0 Å². The third kappa shape index (κ3) is 4.88. The maximum Gasteiger partial charge on any atom is 0.224 e. The highest BCUT2D eigenvalue weighted by Crippen LogP contribution is 2.05. The van der Waals surface area contributed by atoms with E-state index in [-0.39, 0.29) is 11.9 Å². The number of hydrogen-bond acceptors (Lipinski definition) is 1. The second-order valence-corrected chi connectivity index (χ2v) is 5.16. The van der Waals surface area contributed by atoms with Crippen molar-refractivity contribution in [1.82, 2.24) is 5.32 Å². The fraction of sp³-hybridized carbons (Fsp3) is 0.278. The molecule has 2 aromatic rings. The van der Waals surface area contributed by atoms with Gasteiger partial charge in [0.2, 0.25) is 5.91 Å². The normalized spacial score (nSPS) is 11.8. The van der Waals surface area contributed by atoms with Crippen molar-refractivity contribution in [2.24, 2.45) is 0 Å². The standard InChI is InChI=1S/C18H21NO/c1-15(12-13-16-8-4-2-5-9-16)19-18(20)14-17-10-6-3-7-11-17/h2-11,15H,12-14H2,1H3,(H,19,20)/t15-/m0/s1. The molecule has 0 radical (unpaired) electrons. The quantitative estimate of drug-likeness (QED) is 0.854. The maximum absolute atomic E-state index is 11.9. The van der Waals surface area contributed by atoms with Crippen molar-refractivity contribution in [1.29, 1.82) is 0 Å². The highest BCUT2D eigenvalue weighted by molar-refractivity contribution is 5.78. The summed E-state index contributed by atoms with van der Waals surface area (Å²) >= 11 is 0. The summed E-state index contributed by atoms with van der Waals surface area (Å²) < 4.78 is 0. The smallest absolute Gasteiger partial charge is 0.224 e. The molecule has 0 fully saturated rings. The van der Waals surface area contributed by atoms with E-state index in [2.05, 4.69) is 24.4 Å². The molecule has 0 saturated carbocycles. The first kappa shape index (κ1) is 14.3. The molecule has 2 rings (SSSR count). The van der Waals surface area contributed by atoms with Crippen LogP contribution in [0.5, 0.6) is 0 Å². The number of hydrogen-bond donors (Lipinski definition) is 1. The van der Waals surface area contributed by atoms with Crippen LogP contribution in [0.25, 0.3) is 0 Å². The molecule has 0 unspecified atom stereocenters. The number of carbonyl (C=O) groups excluding carboxylic acids is 1. The molecule has 0 aliphatic carbocycles. The molecular weight excluding hydrogens is 246 g/mol. The molecule has 0 bridgehead atoms. The van der Waals surface area contributed by atoms with Crippen molar-refractivity contribution in [2.75, 3.05) is 0 Å². The number of amides is 1. The Morgan fingerprint density at radius 2 is 1.50 bits per heavy atom. The Morgan fingerprint density at radius 3 is 2.10 bits per heavy atom. The molecule has 2 aromatic carbocycles. The van der Waals surface area contributed by atoms with E-state index >= 15 is 0 Å². The van der Waals surface area contributed by atoms with E-state index < -0.39 is 0 Å². The van der Waals surface area contributed by atoms with Crippen LogP contribution in [-0.2, 0) is 17.6 Å². The van der Waals surface area contributed by atoms with E-state index in [4.69, 9.17) is 0 Å². The second-order valence-electron chi connectivity index (χ2n) is 5.16. The Labute approximate surface area is 120 Å². The van der Waals surface area contributed by atoms with Crippen LogP contribution in [0.2, 0.25) is 0 Å². The van der Waals surface area contributed by atoms with Crippen molar-refractivity contribution in [3.63, 3.8) is 0 Å². The topological polar surface area (TPSA) is 29.1 Å². The molecule has 20 heavy (non-hydrogen) atoms. The minimum absolute atomic E-state index is 0.0942. The van der Waals surface area contributed by atoms with Gasteiger partial charge in [-0.1, -0.05) is 60.7 Å². The minimum atomic E-state index is 0.0942. The molecule has 1 atom stereocenters. The second kappa shape index (κ2) is 7.49. The van der Waals surface area contributed by atoms with Gasteiger partial charge in [0.1, 0.15) is 0 Å². The fourth-order valence-corrected chi connectivity index (χ4v) is 2.21. The number of nitrogens with one attached hydrogen (secondary N) is 1. The molecule has 1 N–H and O–H groups in total. The molecule has 104 valence electrons. The van der Waals surface area contributed by atoms with Crippen molar-refractivity contribution in [3.05, 3.63) is 71.8 Å². The van der Waals surface area contributed by atoms with Crippen LogP contribution >= 0.6 is 0 Å². The molecule has 0 heterocycles. The van der Waals surface area contributed by atoms with E-state index in [0.29, 0.717) is 6.42 Å². The van der Waals surface area contributed by atoms with Gasteiger partial charge in [0.05, 0.1) is 6.42 Å². The van der Waals surface area contributed by atoms with Crippen LogP contribution in [0.4, 0.5) is 0 Å². The number of aryl methyl sites for hydroxylation is 1. The van der Waals surface area contributed by atoms with Crippen LogP contribution in [0, 0.1) is 0 Å². The van der Waals surface area contributed by atoms with Crippen LogP contribution < -0.4 is 5.32 Å². The summed E-state index contributed by atoms with van der Waals surface area (Å²) in [6.45, 7) is 2.06. The van der Waals surface area contributed by atoms with Crippen molar-refractivity contribution >= 4 is 5.91 Å². The van der Waals surface area contributed by atoms with Crippen LogP contribution in [0.1, 0.15) is 24.5 Å².